The molecule has 1 aromatic carbocycles. The molecule has 39 heavy (non-hydrogen) atoms. The Hall–Kier alpha value is -3.03. The number of fused-ring (bicyclic) bond motifs is 4. The van der Waals surface area contributed by atoms with Gasteiger partial charge in [0.2, 0.25) is 5.91 Å². The molecule has 1 saturated carbocycles. The topological polar surface area (TPSA) is 76.9 Å². The smallest absolute Gasteiger partial charge is 0.410 e. The number of benzene rings is 1. The lowest BCUT2D eigenvalue weighted by Gasteiger charge is -2.44. The van der Waals surface area contributed by atoms with Gasteiger partial charge in [0.15, 0.2) is 5.60 Å². The molecule has 2 aromatic rings. The summed E-state index contributed by atoms with van der Waals surface area (Å²) in [6.07, 6.45) is 3.01. The number of para-hydroxylation sites is 1. The van der Waals surface area contributed by atoms with Gasteiger partial charge in [-0.25, -0.2) is 9.78 Å². The number of ether oxygens (including phenoxy) is 2. The van der Waals surface area contributed by atoms with Crippen molar-refractivity contribution in [3.63, 3.8) is 0 Å². The molecule has 1 unspecified atom stereocenters. The fourth-order valence-corrected chi connectivity index (χ4v) is 6.99. The zero-order valence-corrected chi connectivity index (χ0v) is 24.4. The minimum absolute atomic E-state index is 0.0744. The Morgan fingerprint density at radius 2 is 1.79 bits per heavy atom. The van der Waals surface area contributed by atoms with Crippen LogP contribution in [0.5, 0.6) is 5.75 Å². The van der Waals surface area contributed by atoms with Crippen LogP contribution in [0.25, 0.3) is 11.3 Å². The largest absolute Gasteiger partial charge is 0.480 e. The first kappa shape index (κ1) is 26.2. The summed E-state index contributed by atoms with van der Waals surface area (Å²) in [4.78, 5) is 35.3. The van der Waals surface area contributed by atoms with Gasteiger partial charge >= 0.3 is 6.09 Å². The third kappa shape index (κ3) is 4.40. The number of imidazole rings is 1. The molecule has 4 heterocycles. The molecule has 3 aliphatic heterocycles. The van der Waals surface area contributed by atoms with E-state index >= 15 is 0 Å². The summed E-state index contributed by atoms with van der Waals surface area (Å²) in [6.45, 7) is 14.0. The molecular weight excluding hydrogens is 492 g/mol. The van der Waals surface area contributed by atoms with E-state index in [0.29, 0.717) is 31.5 Å². The lowest BCUT2D eigenvalue weighted by molar-refractivity contribution is -0.136. The summed E-state index contributed by atoms with van der Waals surface area (Å²) < 4.78 is 14.8. The maximum absolute atomic E-state index is 13.1. The molecule has 8 nitrogen and oxygen atoms in total. The van der Waals surface area contributed by atoms with Gasteiger partial charge in [-0.1, -0.05) is 19.1 Å². The molecule has 0 N–H and O–H groups in total. The Morgan fingerprint density at radius 3 is 2.44 bits per heavy atom. The quantitative estimate of drug-likeness (QED) is 0.512. The molecule has 2 saturated heterocycles. The average Bonchev–Trinajstić information content (AvgIpc) is 3.34. The van der Waals surface area contributed by atoms with Crippen molar-refractivity contribution in [2.75, 3.05) is 19.6 Å². The zero-order chi connectivity index (χ0) is 27.9. The number of aromatic nitrogens is 2. The summed E-state index contributed by atoms with van der Waals surface area (Å²) in [5, 5.41) is 0. The van der Waals surface area contributed by atoms with Crippen molar-refractivity contribution in [2.24, 2.45) is 18.9 Å². The number of carbonyl (C=O) groups is 2. The molecule has 210 valence electrons. The number of hydrogen-bond donors (Lipinski definition) is 0. The third-order valence-corrected chi connectivity index (χ3v) is 9.18. The number of hydrogen-bond acceptors (Lipinski definition) is 5. The normalized spacial score (nSPS) is 26.6. The Morgan fingerprint density at radius 1 is 1.13 bits per heavy atom. The number of carbonyl (C=O) groups excluding carboxylic acids is 2. The van der Waals surface area contributed by atoms with E-state index in [1.807, 2.05) is 48.8 Å². The maximum Gasteiger partial charge on any atom is 0.410 e. The Labute approximate surface area is 231 Å². The number of rotatable bonds is 2. The predicted octanol–water partition coefficient (Wildman–Crippen LogP) is 5.46. The van der Waals surface area contributed by atoms with Crippen molar-refractivity contribution in [1.29, 1.82) is 0 Å². The van der Waals surface area contributed by atoms with Crippen LogP contribution in [0, 0.1) is 11.8 Å². The molecular formula is C31H42N4O4. The van der Waals surface area contributed by atoms with Crippen molar-refractivity contribution >= 4 is 12.0 Å². The second-order valence-corrected chi connectivity index (χ2v) is 13.8. The van der Waals surface area contributed by atoms with Crippen LogP contribution in [-0.4, -0.2) is 62.1 Å². The van der Waals surface area contributed by atoms with Crippen LogP contribution >= 0.6 is 0 Å². The van der Waals surface area contributed by atoms with E-state index < -0.39 is 11.2 Å². The van der Waals surface area contributed by atoms with Gasteiger partial charge < -0.3 is 23.8 Å². The minimum Gasteiger partial charge on any atom is -0.480 e. The van der Waals surface area contributed by atoms with E-state index in [0.717, 1.165) is 54.2 Å². The highest BCUT2D eigenvalue weighted by molar-refractivity contribution is 5.82. The fraction of sp³-hybridized carbons (Fsp3) is 0.645. The van der Waals surface area contributed by atoms with E-state index in [2.05, 4.69) is 38.5 Å². The van der Waals surface area contributed by atoms with Crippen LogP contribution < -0.4 is 4.74 Å². The third-order valence-electron chi connectivity index (χ3n) is 9.18. The number of piperidine rings is 1. The van der Waals surface area contributed by atoms with Gasteiger partial charge in [0.1, 0.15) is 17.2 Å². The lowest BCUT2D eigenvalue weighted by Crippen LogP contribution is -2.50. The first-order chi connectivity index (χ1) is 18.3. The maximum atomic E-state index is 13.1. The van der Waals surface area contributed by atoms with Gasteiger partial charge in [-0.3, -0.25) is 4.79 Å². The molecule has 3 fully saturated rings. The van der Waals surface area contributed by atoms with E-state index in [9.17, 15) is 9.59 Å². The number of nitrogens with zero attached hydrogens (tertiary/aromatic N) is 4. The molecule has 1 aromatic heterocycles. The predicted molar refractivity (Wildman–Crippen MR) is 148 cm³/mol. The number of likely N-dealkylation sites (tertiary alicyclic amines) is 2. The first-order valence-corrected chi connectivity index (χ1v) is 14.4. The Bertz CT molecular complexity index is 1310. The fourth-order valence-electron chi connectivity index (χ4n) is 6.99. The molecule has 0 bridgehead atoms. The second kappa shape index (κ2) is 8.73. The highest BCUT2D eigenvalue weighted by Gasteiger charge is 2.51. The Balaban J connectivity index is 1.33. The van der Waals surface area contributed by atoms with Crippen molar-refractivity contribution in [2.45, 2.75) is 89.9 Å². The zero-order valence-electron chi connectivity index (χ0n) is 24.4. The summed E-state index contributed by atoms with van der Waals surface area (Å²) in [6, 6.07) is 8.14. The van der Waals surface area contributed by atoms with Gasteiger partial charge in [-0.15, -0.1) is 0 Å². The van der Waals surface area contributed by atoms with Crippen LogP contribution in [0.1, 0.15) is 84.7 Å². The number of amides is 2. The molecule has 1 spiro atoms. The standard InChI is InChI=1S/C31H42N4O4/c1-19-16-22(19)27(36)34-14-12-31(13-15-34)25-24(21-10-8-9-11-23(21)38-31)32-26(33(25)7)20-17-30(5,6)35(18-20)28(37)39-29(2,3)4/h8-11,19-20,22H,12-18H2,1-7H3/t19-,20?,22-/m0/s1. The molecule has 0 radical (unpaired) electrons. The van der Waals surface area contributed by atoms with Crippen molar-refractivity contribution in [3.05, 3.63) is 35.8 Å². The van der Waals surface area contributed by atoms with E-state index in [1.54, 1.807) is 0 Å². The van der Waals surface area contributed by atoms with E-state index in [4.69, 9.17) is 14.5 Å². The highest BCUT2D eigenvalue weighted by atomic mass is 16.6. The van der Waals surface area contributed by atoms with Crippen LogP contribution in [0.4, 0.5) is 4.79 Å². The monoisotopic (exact) mass is 534 g/mol. The molecule has 8 heteroatoms. The van der Waals surface area contributed by atoms with Gasteiger partial charge in [-0.05, 0) is 65.5 Å². The van der Waals surface area contributed by atoms with Gasteiger partial charge in [-0.2, -0.15) is 0 Å². The summed E-state index contributed by atoms with van der Waals surface area (Å²) >= 11 is 0. The van der Waals surface area contributed by atoms with Crippen LogP contribution in [0.3, 0.4) is 0 Å². The van der Waals surface area contributed by atoms with Crippen LogP contribution in [-0.2, 0) is 22.2 Å². The Kier molecular flexibility index (Phi) is 5.87. The van der Waals surface area contributed by atoms with Gasteiger partial charge in [0.05, 0.1) is 11.4 Å². The lowest BCUT2D eigenvalue weighted by atomic mass is 9.83. The second-order valence-electron chi connectivity index (χ2n) is 13.8. The minimum atomic E-state index is -0.547. The summed E-state index contributed by atoms with van der Waals surface area (Å²) in [5.41, 5.74) is 1.64. The highest BCUT2D eigenvalue weighted by Crippen LogP contribution is 2.51. The first-order valence-electron chi connectivity index (χ1n) is 14.4. The van der Waals surface area contributed by atoms with E-state index in [-0.39, 0.29) is 23.5 Å². The van der Waals surface area contributed by atoms with Gasteiger partial charge in [0.25, 0.3) is 0 Å². The molecule has 3 atom stereocenters. The molecule has 2 amide bonds. The summed E-state index contributed by atoms with van der Waals surface area (Å²) in [5.74, 6) is 2.91. The van der Waals surface area contributed by atoms with Crippen LogP contribution in [0.15, 0.2) is 24.3 Å². The molecule has 4 aliphatic rings. The average molecular weight is 535 g/mol. The van der Waals surface area contributed by atoms with Crippen molar-refractivity contribution in [3.8, 4) is 17.0 Å². The van der Waals surface area contributed by atoms with Crippen LogP contribution in [0.2, 0.25) is 0 Å². The molecule has 1 aliphatic carbocycles. The summed E-state index contributed by atoms with van der Waals surface area (Å²) in [7, 11) is 2.09. The van der Waals surface area contributed by atoms with Gasteiger partial charge in [0, 0.05) is 62.5 Å². The molecule has 6 rings (SSSR count). The SMILES string of the molecule is C[C@H]1C[C@@H]1C(=O)N1CCC2(CC1)Oc1ccccc1-c1nc(C3CN(C(=O)OC(C)(C)C)C(C)(C)C3)n(C)c12. The van der Waals surface area contributed by atoms with Crippen molar-refractivity contribution in [1.82, 2.24) is 19.4 Å². The van der Waals surface area contributed by atoms with Crippen molar-refractivity contribution < 1.29 is 19.1 Å². The van der Waals surface area contributed by atoms with E-state index in [1.165, 1.54) is 0 Å².